The van der Waals surface area contributed by atoms with E-state index in [2.05, 4.69) is 5.32 Å². The van der Waals surface area contributed by atoms with Crippen molar-refractivity contribution in [2.75, 3.05) is 20.8 Å². The van der Waals surface area contributed by atoms with Crippen LogP contribution in [-0.4, -0.2) is 55.9 Å². The molecular weight excluding hydrogens is 339 g/mol. The van der Waals surface area contributed by atoms with Crippen molar-refractivity contribution in [2.24, 2.45) is 0 Å². The van der Waals surface area contributed by atoms with Crippen molar-refractivity contribution in [1.82, 2.24) is 9.62 Å². The van der Waals surface area contributed by atoms with Crippen molar-refractivity contribution in [1.29, 1.82) is 0 Å². The summed E-state index contributed by atoms with van der Waals surface area (Å²) in [6.45, 7) is -0.395. The topological polar surface area (TPSA) is 125 Å². The van der Waals surface area contributed by atoms with Gasteiger partial charge in [0.2, 0.25) is 0 Å². The Morgan fingerprint density at radius 3 is 2.22 bits per heavy atom. The van der Waals surface area contributed by atoms with Crippen LogP contribution in [0.2, 0.25) is 0 Å². The number of benzene rings is 1. The second kappa shape index (κ2) is 7.49. The summed E-state index contributed by atoms with van der Waals surface area (Å²) in [5.41, 5.74) is 0.0729. The molecular formula is C12H13N2NaO7S. The molecule has 1 aliphatic rings. The second-order valence-electron chi connectivity index (χ2n) is 4.39. The number of ether oxygens (including phenoxy) is 2. The van der Waals surface area contributed by atoms with Gasteiger partial charge in [-0.1, -0.05) is 6.07 Å². The zero-order valence-corrected chi connectivity index (χ0v) is 15.5. The third-order valence-electron chi connectivity index (χ3n) is 3.12. The Morgan fingerprint density at radius 1 is 1.30 bits per heavy atom. The maximum Gasteiger partial charge on any atom is 1.00 e. The minimum atomic E-state index is -4.84. The van der Waals surface area contributed by atoms with Gasteiger partial charge in [-0.3, -0.25) is 9.59 Å². The van der Waals surface area contributed by atoms with E-state index in [0.29, 0.717) is 0 Å². The third kappa shape index (κ3) is 3.96. The number of hydrogen-bond donors (Lipinski definition) is 1. The molecule has 1 atom stereocenters. The van der Waals surface area contributed by atoms with Crippen LogP contribution in [0.5, 0.6) is 11.5 Å². The molecule has 9 nitrogen and oxygen atoms in total. The molecule has 1 aliphatic heterocycles. The fraction of sp³-hybridized carbons (Fsp3) is 0.333. The van der Waals surface area contributed by atoms with Crippen LogP contribution in [0.15, 0.2) is 18.2 Å². The number of β-lactam (4-membered cyclic amide) rings is 1. The van der Waals surface area contributed by atoms with Gasteiger partial charge >= 0.3 is 29.6 Å². The zero-order valence-electron chi connectivity index (χ0n) is 12.7. The number of carbonyl (C=O) groups excluding carboxylic acids is 2. The summed E-state index contributed by atoms with van der Waals surface area (Å²) < 4.78 is 42.4. The van der Waals surface area contributed by atoms with Gasteiger partial charge < -0.3 is 19.3 Å². The number of amides is 2. The van der Waals surface area contributed by atoms with Crippen LogP contribution < -0.4 is 44.3 Å². The maximum atomic E-state index is 12.2. The Kier molecular flexibility index (Phi) is 6.42. The Labute approximate surface area is 155 Å². The van der Waals surface area contributed by atoms with E-state index in [1.807, 2.05) is 0 Å². The summed E-state index contributed by atoms with van der Waals surface area (Å²) in [6, 6.07) is 3.61. The summed E-state index contributed by atoms with van der Waals surface area (Å²) in [5.74, 6) is -1.18. The predicted molar refractivity (Wildman–Crippen MR) is 72.2 cm³/mol. The van der Waals surface area contributed by atoms with Crippen molar-refractivity contribution >= 4 is 22.1 Å². The smallest absolute Gasteiger partial charge is 0.731 e. The number of carbonyl (C=O) groups is 2. The Balaban J connectivity index is 0.00000264. The Bertz CT molecular complexity index is 700. The molecule has 0 bridgehead atoms. The molecule has 0 aliphatic carbocycles. The summed E-state index contributed by atoms with van der Waals surface area (Å²) in [5, 5.41) is 2.34. The minimum Gasteiger partial charge on any atom is -0.731 e. The van der Waals surface area contributed by atoms with Crippen LogP contribution in [0, 0.1) is 0 Å². The molecule has 0 radical (unpaired) electrons. The minimum absolute atomic E-state index is 0. The number of nitrogens with one attached hydrogen (secondary N) is 1. The van der Waals surface area contributed by atoms with Gasteiger partial charge in [0.05, 0.1) is 20.8 Å². The summed E-state index contributed by atoms with van der Waals surface area (Å²) in [6.07, 6.45) is 0. The molecule has 2 amide bonds. The number of nitrogens with zero attached hydrogens (tertiary/aromatic N) is 1. The van der Waals surface area contributed by atoms with Crippen molar-refractivity contribution < 1.29 is 61.6 Å². The maximum absolute atomic E-state index is 12.2. The van der Waals surface area contributed by atoms with Crippen LogP contribution in [0.4, 0.5) is 0 Å². The average molecular weight is 352 g/mol. The fourth-order valence-electron chi connectivity index (χ4n) is 2.01. The molecule has 1 aromatic rings. The molecule has 1 saturated heterocycles. The molecule has 0 aromatic heterocycles. The van der Waals surface area contributed by atoms with Gasteiger partial charge in [-0.25, -0.2) is 12.7 Å². The molecule has 1 N–H and O–H groups in total. The molecule has 1 aromatic carbocycles. The number of hydrogen-bond acceptors (Lipinski definition) is 7. The van der Waals surface area contributed by atoms with E-state index < -0.39 is 34.7 Å². The van der Waals surface area contributed by atoms with Gasteiger partial charge in [-0.2, -0.15) is 0 Å². The van der Waals surface area contributed by atoms with E-state index >= 15 is 0 Å². The first-order chi connectivity index (χ1) is 10.3. The normalized spacial score (nSPS) is 16.9. The van der Waals surface area contributed by atoms with E-state index in [-0.39, 0.29) is 50.9 Å². The monoisotopic (exact) mass is 352 g/mol. The quantitative estimate of drug-likeness (QED) is 0.326. The van der Waals surface area contributed by atoms with E-state index in [1.54, 1.807) is 6.07 Å². The van der Waals surface area contributed by atoms with Crippen LogP contribution in [0.25, 0.3) is 0 Å². The van der Waals surface area contributed by atoms with Crippen molar-refractivity contribution in [3.63, 3.8) is 0 Å². The summed E-state index contributed by atoms with van der Waals surface area (Å²) in [4.78, 5) is 23.8. The average Bonchev–Trinajstić information content (AvgIpc) is 2.47. The van der Waals surface area contributed by atoms with Gasteiger partial charge in [-0.05, 0) is 12.1 Å². The standard InChI is InChI=1S/C12H14N2O7S.Na/c1-20-8-4-3-5-9(21-2)10(8)11(15)13-7-6-14(12(7)16)22(17,18)19;/h3-5,7H,6H2,1-2H3,(H,13,15)(H,17,18,19);/q;+1/p-1. The zero-order chi connectivity index (χ0) is 16.5. The molecule has 120 valence electrons. The first-order valence-corrected chi connectivity index (χ1v) is 7.45. The largest absolute Gasteiger partial charge is 1.00 e. The molecule has 1 fully saturated rings. The number of methoxy groups -OCH3 is 2. The second-order valence-corrected chi connectivity index (χ2v) is 5.69. The van der Waals surface area contributed by atoms with Gasteiger partial charge in [0.1, 0.15) is 23.1 Å². The van der Waals surface area contributed by atoms with E-state index in [4.69, 9.17) is 9.47 Å². The SMILES string of the molecule is COc1cccc(OC)c1C(=O)NC1CN(S(=O)(=O)[O-])C1=O.[Na+]. The first kappa shape index (κ1) is 19.7. The Hall–Kier alpha value is -1.33. The molecule has 0 spiro atoms. The van der Waals surface area contributed by atoms with Crippen LogP contribution in [0.1, 0.15) is 10.4 Å². The van der Waals surface area contributed by atoms with Crippen molar-refractivity contribution in [2.45, 2.75) is 6.04 Å². The van der Waals surface area contributed by atoms with Crippen LogP contribution in [-0.2, 0) is 15.1 Å². The number of rotatable bonds is 5. The van der Waals surface area contributed by atoms with Gasteiger partial charge in [0.15, 0.2) is 10.3 Å². The van der Waals surface area contributed by atoms with Crippen molar-refractivity contribution in [3.8, 4) is 11.5 Å². The van der Waals surface area contributed by atoms with Gasteiger partial charge in [0.25, 0.3) is 11.8 Å². The predicted octanol–water partition coefficient (Wildman–Crippen LogP) is -3.89. The summed E-state index contributed by atoms with van der Waals surface area (Å²) >= 11 is 0. The molecule has 11 heteroatoms. The van der Waals surface area contributed by atoms with Crippen LogP contribution in [0.3, 0.4) is 0 Å². The third-order valence-corrected chi connectivity index (χ3v) is 3.99. The van der Waals surface area contributed by atoms with E-state index in [1.165, 1.54) is 26.4 Å². The van der Waals surface area contributed by atoms with E-state index in [9.17, 15) is 22.6 Å². The molecule has 23 heavy (non-hydrogen) atoms. The molecule has 1 unspecified atom stereocenters. The molecule has 1 heterocycles. The fourth-order valence-corrected chi connectivity index (χ4v) is 2.69. The van der Waals surface area contributed by atoms with Crippen LogP contribution >= 0.6 is 0 Å². The summed E-state index contributed by atoms with van der Waals surface area (Å²) in [7, 11) is -2.11. The van der Waals surface area contributed by atoms with Gasteiger partial charge in [-0.15, -0.1) is 0 Å². The first-order valence-electron chi connectivity index (χ1n) is 6.09. The van der Waals surface area contributed by atoms with E-state index in [0.717, 1.165) is 0 Å². The molecule has 0 saturated carbocycles. The van der Waals surface area contributed by atoms with Gasteiger partial charge in [0, 0.05) is 0 Å². The van der Waals surface area contributed by atoms with Crippen molar-refractivity contribution in [3.05, 3.63) is 23.8 Å². The Morgan fingerprint density at radius 2 is 1.83 bits per heavy atom. The molecule has 2 rings (SSSR count).